The normalized spacial score (nSPS) is 20.7. The van der Waals surface area contributed by atoms with Gasteiger partial charge in [0.15, 0.2) is 11.5 Å². The Balaban J connectivity index is 0.00000112. The van der Waals surface area contributed by atoms with E-state index in [2.05, 4.69) is 5.32 Å². The molecule has 0 bridgehead atoms. The predicted molar refractivity (Wildman–Crippen MR) is 58.6 cm³/mol. The van der Waals surface area contributed by atoms with Crippen molar-refractivity contribution in [1.29, 1.82) is 0 Å². The van der Waals surface area contributed by atoms with Crippen LogP contribution in [0.2, 0.25) is 0 Å². The van der Waals surface area contributed by atoms with E-state index in [9.17, 15) is 5.11 Å². The zero-order chi connectivity index (χ0) is 9.97. The van der Waals surface area contributed by atoms with Crippen molar-refractivity contribution in [2.45, 2.75) is 6.04 Å². The van der Waals surface area contributed by atoms with Crippen molar-refractivity contribution in [3.05, 3.63) is 23.8 Å². The average molecular weight is 232 g/mol. The summed E-state index contributed by atoms with van der Waals surface area (Å²) in [6.45, 7) is 2.14. The third-order valence-corrected chi connectivity index (χ3v) is 2.32. The van der Waals surface area contributed by atoms with Gasteiger partial charge in [-0.3, -0.25) is 0 Å². The van der Waals surface area contributed by atoms with Gasteiger partial charge in [0, 0.05) is 6.54 Å². The molecule has 0 unspecified atom stereocenters. The van der Waals surface area contributed by atoms with E-state index in [1.807, 2.05) is 0 Å². The van der Waals surface area contributed by atoms with Crippen LogP contribution in [-0.2, 0) is 4.74 Å². The van der Waals surface area contributed by atoms with Gasteiger partial charge in [-0.1, -0.05) is 6.07 Å². The van der Waals surface area contributed by atoms with Gasteiger partial charge in [-0.2, -0.15) is 0 Å². The molecular formula is C10H14ClNO3. The van der Waals surface area contributed by atoms with E-state index in [-0.39, 0.29) is 29.9 Å². The van der Waals surface area contributed by atoms with Gasteiger partial charge in [-0.05, 0) is 17.7 Å². The van der Waals surface area contributed by atoms with Crippen LogP contribution in [-0.4, -0.2) is 30.0 Å². The standard InChI is InChI=1S/C10H13NO3.ClH/c12-9-2-1-7(5-10(9)13)8-6-14-4-3-11-8;/h1-2,5,8,11-13H,3-4,6H2;1H/t8-;/m1./s1. The molecule has 1 aliphatic heterocycles. The Morgan fingerprint density at radius 3 is 2.67 bits per heavy atom. The predicted octanol–water partition coefficient (Wildman–Crippen LogP) is 1.18. The molecule has 0 saturated carbocycles. The maximum atomic E-state index is 9.31. The zero-order valence-electron chi connectivity index (χ0n) is 8.14. The minimum atomic E-state index is -0.0922. The van der Waals surface area contributed by atoms with Crippen LogP contribution < -0.4 is 5.32 Å². The summed E-state index contributed by atoms with van der Waals surface area (Å²) in [7, 11) is 0. The van der Waals surface area contributed by atoms with Crippen molar-refractivity contribution < 1.29 is 14.9 Å². The van der Waals surface area contributed by atoms with E-state index in [0.717, 1.165) is 18.7 Å². The Morgan fingerprint density at radius 1 is 1.27 bits per heavy atom. The highest BCUT2D eigenvalue weighted by atomic mass is 35.5. The van der Waals surface area contributed by atoms with Gasteiger partial charge in [0.05, 0.1) is 19.3 Å². The molecule has 3 N–H and O–H groups in total. The summed E-state index contributed by atoms with van der Waals surface area (Å²) in [6.07, 6.45) is 0. The number of aromatic hydroxyl groups is 2. The number of hydrogen-bond donors (Lipinski definition) is 3. The number of halogens is 1. The number of rotatable bonds is 1. The highest BCUT2D eigenvalue weighted by Gasteiger charge is 2.15. The van der Waals surface area contributed by atoms with Crippen molar-refractivity contribution >= 4 is 12.4 Å². The maximum absolute atomic E-state index is 9.31. The molecule has 1 saturated heterocycles. The molecule has 84 valence electrons. The number of phenolic OH excluding ortho intramolecular Hbond substituents is 2. The van der Waals surface area contributed by atoms with Crippen molar-refractivity contribution in [3.8, 4) is 11.5 Å². The quantitative estimate of drug-likeness (QED) is 0.636. The summed E-state index contributed by atoms with van der Waals surface area (Å²) in [5.74, 6) is -0.180. The second-order valence-corrected chi connectivity index (χ2v) is 3.33. The van der Waals surface area contributed by atoms with Crippen molar-refractivity contribution in [2.24, 2.45) is 0 Å². The van der Waals surface area contributed by atoms with E-state index in [4.69, 9.17) is 9.84 Å². The van der Waals surface area contributed by atoms with E-state index in [1.165, 1.54) is 6.07 Å². The molecule has 0 amide bonds. The molecule has 1 heterocycles. The van der Waals surface area contributed by atoms with Gasteiger partial charge in [0.25, 0.3) is 0 Å². The Morgan fingerprint density at radius 2 is 2.07 bits per heavy atom. The van der Waals surface area contributed by atoms with Gasteiger partial charge in [0.1, 0.15) is 0 Å². The molecule has 1 aromatic rings. The van der Waals surface area contributed by atoms with Crippen molar-refractivity contribution in [3.63, 3.8) is 0 Å². The summed E-state index contributed by atoms with van der Waals surface area (Å²) in [6, 6.07) is 4.93. The van der Waals surface area contributed by atoms with Crippen LogP contribution in [0.3, 0.4) is 0 Å². The fourth-order valence-corrected chi connectivity index (χ4v) is 1.54. The molecule has 1 atom stereocenters. The first-order chi connectivity index (χ1) is 6.77. The zero-order valence-corrected chi connectivity index (χ0v) is 8.96. The third-order valence-electron chi connectivity index (χ3n) is 2.32. The number of morpholine rings is 1. The average Bonchev–Trinajstić information content (AvgIpc) is 2.23. The van der Waals surface area contributed by atoms with Crippen LogP contribution in [0.1, 0.15) is 11.6 Å². The molecule has 5 heteroatoms. The molecule has 0 aliphatic carbocycles. The molecule has 0 radical (unpaired) electrons. The molecule has 15 heavy (non-hydrogen) atoms. The van der Waals surface area contributed by atoms with Gasteiger partial charge >= 0.3 is 0 Å². The minimum absolute atomic E-state index is 0. The molecule has 4 nitrogen and oxygen atoms in total. The first-order valence-electron chi connectivity index (χ1n) is 4.60. The van der Waals surface area contributed by atoms with E-state index in [0.29, 0.717) is 6.61 Å². The lowest BCUT2D eigenvalue weighted by molar-refractivity contribution is 0.0768. The molecular weight excluding hydrogens is 218 g/mol. The molecule has 2 rings (SSSR count). The largest absolute Gasteiger partial charge is 0.504 e. The monoisotopic (exact) mass is 231 g/mol. The second kappa shape index (κ2) is 5.21. The summed E-state index contributed by atoms with van der Waals surface area (Å²) in [4.78, 5) is 0. The Hall–Kier alpha value is -0.970. The third kappa shape index (κ3) is 2.75. The van der Waals surface area contributed by atoms with Gasteiger partial charge in [0.2, 0.25) is 0 Å². The van der Waals surface area contributed by atoms with Crippen LogP contribution in [0.5, 0.6) is 11.5 Å². The van der Waals surface area contributed by atoms with E-state index < -0.39 is 0 Å². The summed E-state index contributed by atoms with van der Waals surface area (Å²) in [5.41, 5.74) is 0.931. The number of hydrogen-bond acceptors (Lipinski definition) is 4. The SMILES string of the molecule is Cl.Oc1ccc([C@H]2COCCN2)cc1O. The number of phenols is 2. The molecule has 0 spiro atoms. The van der Waals surface area contributed by atoms with E-state index in [1.54, 1.807) is 12.1 Å². The Kier molecular flexibility index (Phi) is 4.20. The Bertz CT molecular complexity index is 326. The number of ether oxygens (including phenoxy) is 1. The van der Waals surface area contributed by atoms with Crippen molar-refractivity contribution in [2.75, 3.05) is 19.8 Å². The van der Waals surface area contributed by atoms with Crippen LogP contribution in [0.15, 0.2) is 18.2 Å². The maximum Gasteiger partial charge on any atom is 0.157 e. The second-order valence-electron chi connectivity index (χ2n) is 3.33. The molecule has 0 aromatic heterocycles. The van der Waals surface area contributed by atoms with Gasteiger partial charge in [-0.15, -0.1) is 12.4 Å². The highest BCUT2D eigenvalue weighted by molar-refractivity contribution is 5.85. The van der Waals surface area contributed by atoms with Crippen LogP contribution >= 0.6 is 12.4 Å². The molecule has 1 fully saturated rings. The van der Waals surface area contributed by atoms with Crippen LogP contribution in [0.4, 0.5) is 0 Å². The summed E-state index contributed by atoms with van der Waals surface area (Å²) >= 11 is 0. The number of nitrogens with one attached hydrogen (secondary N) is 1. The van der Waals surface area contributed by atoms with Crippen molar-refractivity contribution in [1.82, 2.24) is 5.32 Å². The Labute approximate surface area is 94.3 Å². The first-order valence-corrected chi connectivity index (χ1v) is 4.60. The van der Waals surface area contributed by atoms with Gasteiger partial charge in [-0.25, -0.2) is 0 Å². The molecule has 1 aliphatic rings. The number of benzene rings is 1. The van der Waals surface area contributed by atoms with Crippen LogP contribution in [0.25, 0.3) is 0 Å². The van der Waals surface area contributed by atoms with Crippen LogP contribution in [0, 0.1) is 0 Å². The summed E-state index contributed by atoms with van der Waals surface area (Å²) < 4.78 is 5.30. The highest BCUT2D eigenvalue weighted by Crippen LogP contribution is 2.28. The summed E-state index contributed by atoms with van der Waals surface area (Å²) in [5, 5.41) is 21.7. The van der Waals surface area contributed by atoms with Gasteiger partial charge < -0.3 is 20.3 Å². The minimum Gasteiger partial charge on any atom is -0.504 e. The smallest absolute Gasteiger partial charge is 0.157 e. The lowest BCUT2D eigenvalue weighted by atomic mass is 10.1. The fourth-order valence-electron chi connectivity index (χ4n) is 1.54. The van der Waals surface area contributed by atoms with E-state index >= 15 is 0 Å². The first kappa shape index (κ1) is 12.1. The topological polar surface area (TPSA) is 61.7 Å². The fraction of sp³-hybridized carbons (Fsp3) is 0.400. The lowest BCUT2D eigenvalue weighted by Gasteiger charge is -2.24. The molecule has 1 aromatic carbocycles. The lowest BCUT2D eigenvalue weighted by Crippen LogP contribution is -2.34.